The van der Waals surface area contributed by atoms with Crippen molar-refractivity contribution in [3.8, 4) is 5.75 Å². The molecule has 0 unspecified atom stereocenters. The molecule has 0 aliphatic carbocycles. The third-order valence-corrected chi connectivity index (χ3v) is 1.87. The molecule has 0 saturated heterocycles. The molecule has 1 aromatic rings. The third kappa shape index (κ3) is 1.90. The molecule has 0 amide bonds. The first kappa shape index (κ1) is 9.36. The van der Waals surface area contributed by atoms with Gasteiger partial charge in [-0.05, 0) is 24.6 Å². The molecule has 0 heterocycles. The summed E-state index contributed by atoms with van der Waals surface area (Å²) in [5, 5.41) is 0.680. The second-order valence-corrected chi connectivity index (χ2v) is 3.09. The average molecular weight is 205 g/mol. The summed E-state index contributed by atoms with van der Waals surface area (Å²) in [5.41, 5.74) is 0.920. The van der Waals surface area contributed by atoms with E-state index in [1.165, 1.54) is 0 Å². The van der Waals surface area contributed by atoms with Gasteiger partial charge in [-0.15, -0.1) is 0 Å². The van der Waals surface area contributed by atoms with E-state index in [1.807, 2.05) is 6.92 Å². The van der Waals surface area contributed by atoms with E-state index in [0.29, 0.717) is 16.5 Å². The van der Waals surface area contributed by atoms with Gasteiger partial charge in [-0.1, -0.05) is 23.2 Å². The Morgan fingerprint density at radius 3 is 2.25 bits per heavy atom. The normalized spacial score (nSPS) is 9.58. The van der Waals surface area contributed by atoms with Crippen LogP contribution < -0.4 is 4.74 Å². The molecule has 1 rings (SSSR count). The average Bonchev–Trinajstić information content (AvgIpc) is 1.96. The second-order valence-electron chi connectivity index (χ2n) is 2.27. The van der Waals surface area contributed by atoms with Gasteiger partial charge in [0.1, 0.15) is 0 Å². The first-order valence-electron chi connectivity index (χ1n) is 3.21. The molecule has 12 heavy (non-hydrogen) atoms. The van der Waals surface area contributed by atoms with Crippen LogP contribution in [0.3, 0.4) is 0 Å². The van der Waals surface area contributed by atoms with E-state index in [9.17, 15) is 4.79 Å². The Hall–Kier alpha value is -0.730. The minimum absolute atomic E-state index is 0.207. The highest BCUT2D eigenvalue weighted by Gasteiger charge is 2.07. The van der Waals surface area contributed by atoms with Gasteiger partial charge in [0.2, 0.25) is 0 Å². The summed E-state index contributed by atoms with van der Waals surface area (Å²) in [6.45, 7) is 2.14. The van der Waals surface area contributed by atoms with Gasteiger partial charge in [0.15, 0.2) is 5.75 Å². The maximum atomic E-state index is 10.0. The zero-order chi connectivity index (χ0) is 9.14. The lowest BCUT2D eigenvalue weighted by Gasteiger charge is -2.04. The Morgan fingerprint density at radius 2 is 1.83 bits per heavy atom. The Balaban J connectivity index is 3.18. The molecule has 0 aliphatic rings. The third-order valence-electron chi connectivity index (χ3n) is 1.31. The van der Waals surface area contributed by atoms with E-state index in [2.05, 4.69) is 4.74 Å². The Bertz CT molecular complexity index is 287. The van der Waals surface area contributed by atoms with Gasteiger partial charge in [-0.25, -0.2) is 0 Å². The van der Waals surface area contributed by atoms with Crippen molar-refractivity contribution in [2.75, 3.05) is 0 Å². The van der Waals surface area contributed by atoms with Gasteiger partial charge in [0.25, 0.3) is 6.47 Å². The molecule has 0 radical (unpaired) electrons. The summed E-state index contributed by atoms with van der Waals surface area (Å²) in [4.78, 5) is 10.0. The molecule has 1 aromatic carbocycles. The standard InChI is InChI=1S/C8H6Cl2O2/c1-5-2-6(9)8(12-4-11)7(10)3-5/h2-4H,1H3. The summed E-state index contributed by atoms with van der Waals surface area (Å²) in [6.07, 6.45) is 0. The van der Waals surface area contributed by atoms with E-state index in [4.69, 9.17) is 23.2 Å². The maximum absolute atomic E-state index is 10.0. The monoisotopic (exact) mass is 204 g/mol. The summed E-state index contributed by atoms with van der Waals surface area (Å²) in [7, 11) is 0. The minimum atomic E-state index is 0.207. The lowest BCUT2D eigenvalue weighted by Crippen LogP contribution is -1.91. The van der Waals surface area contributed by atoms with Crippen molar-refractivity contribution < 1.29 is 9.53 Å². The molecule has 4 heteroatoms. The van der Waals surface area contributed by atoms with Gasteiger partial charge in [0, 0.05) is 0 Å². The van der Waals surface area contributed by atoms with Crippen molar-refractivity contribution in [2.24, 2.45) is 0 Å². The van der Waals surface area contributed by atoms with Crippen molar-refractivity contribution in [1.29, 1.82) is 0 Å². The van der Waals surface area contributed by atoms with Crippen molar-refractivity contribution >= 4 is 29.7 Å². The smallest absolute Gasteiger partial charge is 0.298 e. The summed E-state index contributed by atoms with van der Waals surface area (Å²) >= 11 is 11.5. The van der Waals surface area contributed by atoms with Crippen LogP contribution in [-0.2, 0) is 4.79 Å². The first-order valence-corrected chi connectivity index (χ1v) is 3.96. The fourth-order valence-corrected chi connectivity index (χ4v) is 1.53. The van der Waals surface area contributed by atoms with Crippen molar-refractivity contribution in [3.63, 3.8) is 0 Å². The van der Waals surface area contributed by atoms with E-state index in [0.717, 1.165) is 5.56 Å². The van der Waals surface area contributed by atoms with Crippen LogP contribution in [-0.4, -0.2) is 6.47 Å². The van der Waals surface area contributed by atoms with Crippen LogP contribution in [0.15, 0.2) is 12.1 Å². The van der Waals surface area contributed by atoms with Gasteiger partial charge in [-0.2, -0.15) is 0 Å². The van der Waals surface area contributed by atoms with E-state index < -0.39 is 0 Å². The molecule has 0 bridgehead atoms. The molecule has 2 nitrogen and oxygen atoms in total. The van der Waals surface area contributed by atoms with Gasteiger partial charge >= 0.3 is 0 Å². The minimum Gasteiger partial charge on any atom is -0.426 e. The zero-order valence-corrected chi connectivity index (χ0v) is 7.82. The van der Waals surface area contributed by atoms with Crippen molar-refractivity contribution in [1.82, 2.24) is 0 Å². The number of aryl methyl sites for hydroxylation is 1. The highest BCUT2D eigenvalue weighted by atomic mass is 35.5. The van der Waals surface area contributed by atoms with E-state index >= 15 is 0 Å². The lowest BCUT2D eigenvalue weighted by atomic mass is 10.2. The first-order chi connectivity index (χ1) is 5.65. The van der Waals surface area contributed by atoms with Gasteiger partial charge < -0.3 is 4.74 Å². The van der Waals surface area contributed by atoms with Crippen LogP contribution in [0.1, 0.15) is 5.56 Å². The number of hydrogen-bond donors (Lipinski definition) is 0. The van der Waals surface area contributed by atoms with Crippen molar-refractivity contribution in [3.05, 3.63) is 27.7 Å². The number of ether oxygens (including phenoxy) is 1. The molecular formula is C8H6Cl2O2. The second kappa shape index (κ2) is 3.78. The van der Waals surface area contributed by atoms with E-state index in [1.54, 1.807) is 12.1 Å². The molecule has 64 valence electrons. The predicted molar refractivity (Wildman–Crippen MR) is 47.9 cm³/mol. The van der Waals surface area contributed by atoms with Crippen LogP contribution in [0.25, 0.3) is 0 Å². The molecule has 0 aromatic heterocycles. The molecule has 0 N–H and O–H groups in total. The number of halogens is 2. The largest absolute Gasteiger partial charge is 0.426 e. The zero-order valence-electron chi connectivity index (χ0n) is 6.30. The molecule has 0 aliphatic heterocycles. The Kier molecular flexibility index (Phi) is 2.95. The number of carbonyl (C=O) groups is 1. The predicted octanol–water partition coefficient (Wildman–Crippen LogP) is 2.84. The van der Waals surface area contributed by atoms with Crippen LogP contribution in [0.4, 0.5) is 0 Å². The highest BCUT2D eigenvalue weighted by Crippen LogP contribution is 2.33. The van der Waals surface area contributed by atoms with Crippen LogP contribution >= 0.6 is 23.2 Å². The van der Waals surface area contributed by atoms with Crippen molar-refractivity contribution in [2.45, 2.75) is 6.92 Å². The molecular weight excluding hydrogens is 199 g/mol. The number of benzene rings is 1. The fraction of sp³-hybridized carbons (Fsp3) is 0.125. The molecule has 0 atom stereocenters. The van der Waals surface area contributed by atoms with Gasteiger partial charge in [-0.3, -0.25) is 4.79 Å². The lowest BCUT2D eigenvalue weighted by molar-refractivity contribution is -0.120. The topological polar surface area (TPSA) is 26.3 Å². The Labute approximate surface area is 80.0 Å². The fourth-order valence-electron chi connectivity index (χ4n) is 0.847. The number of hydrogen-bond acceptors (Lipinski definition) is 2. The van der Waals surface area contributed by atoms with E-state index in [-0.39, 0.29) is 5.75 Å². The maximum Gasteiger partial charge on any atom is 0.298 e. The molecule has 0 spiro atoms. The summed E-state index contributed by atoms with van der Waals surface area (Å²) in [6, 6.07) is 3.35. The number of carbonyl (C=O) groups excluding carboxylic acids is 1. The highest BCUT2D eigenvalue weighted by molar-refractivity contribution is 6.37. The molecule has 0 saturated carbocycles. The van der Waals surface area contributed by atoms with Crippen LogP contribution in [0, 0.1) is 6.92 Å². The van der Waals surface area contributed by atoms with Crippen LogP contribution in [0.2, 0.25) is 10.0 Å². The van der Waals surface area contributed by atoms with Crippen LogP contribution in [0.5, 0.6) is 5.75 Å². The number of rotatable bonds is 2. The Morgan fingerprint density at radius 1 is 1.33 bits per heavy atom. The van der Waals surface area contributed by atoms with Gasteiger partial charge in [0.05, 0.1) is 10.0 Å². The SMILES string of the molecule is Cc1cc(Cl)c(OC=O)c(Cl)c1. The molecule has 0 fully saturated rings. The summed E-state index contributed by atoms with van der Waals surface area (Å²) < 4.78 is 4.58. The summed E-state index contributed by atoms with van der Waals surface area (Å²) in [5.74, 6) is 0.207. The quantitative estimate of drug-likeness (QED) is 0.693.